The molecule has 1 saturated heterocycles. The van der Waals surface area contributed by atoms with Gasteiger partial charge in [0.2, 0.25) is 5.91 Å². The van der Waals surface area contributed by atoms with Crippen molar-refractivity contribution in [2.45, 2.75) is 12.8 Å². The summed E-state index contributed by atoms with van der Waals surface area (Å²) in [7, 11) is 4.82. The van der Waals surface area contributed by atoms with Crippen LogP contribution in [-0.2, 0) is 11.2 Å². The third kappa shape index (κ3) is 4.91. The highest BCUT2D eigenvalue weighted by Crippen LogP contribution is 2.34. The van der Waals surface area contributed by atoms with Gasteiger partial charge < -0.3 is 24.8 Å². The van der Waals surface area contributed by atoms with Gasteiger partial charge in [-0.25, -0.2) is 0 Å². The molecule has 0 radical (unpaired) electrons. The van der Waals surface area contributed by atoms with Crippen molar-refractivity contribution in [1.82, 2.24) is 10.6 Å². The Balaban J connectivity index is 0.00000264. The van der Waals surface area contributed by atoms with Crippen molar-refractivity contribution in [3.05, 3.63) is 17.7 Å². The monoisotopic (exact) mass is 344 g/mol. The van der Waals surface area contributed by atoms with Crippen LogP contribution in [0.5, 0.6) is 17.2 Å². The highest BCUT2D eigenvalue weighted by Gasteiger charge is 2.22. The molecule has 1 aliphatic heterocycles. The second-order valence-electron chi connectivity index (χ2n) is 5.24. The Bertz CT molecular complexity index is 494. The van der Waals surface area contributed by atoms with E-state index in [2.05, 4.69) is 10.6 Å². The van der Waals surface area contributed by atoms with E-state index in [4.69, 9.17) is 14.2 Å². The molecule has 0 aromatic heterocycles. The predicted molar refractivity (Wildman–Crippen MR) is 91.0 cm³/mol. The predicted octanol–water partition coefficient (Wildman–Crippen LogP) is 1.40. The van der Waals surface area contributed by atoms with Crippen LogP contribution in [0.2, 0.25) is 0 Å². The quantitative estimate of drug-likeness (QED) is 0.782. The maximum atomic E-state index is 12.0. The van der Waals surface area contributed by atoms with Crippen LogP contribution in [-0.4, -0.2) is 46.9 Å². The maximum absolute atomic E-state index is 12.0. The fourth-order valence-corrected chi connectivity index (χ4v) is 2.66. The molecule has 1 unspecified atom stereocenters. The van der Waals surface area contributed by atoms with Gasteiger partial charge in [0.1, 0.15) is 17.2 Å². The summed E-state index contributed by atoms with van der Waals surface area (Å²) in [6.45, 7) is 2.23. The lowest BCUT2D eigenvalue weighted by atomic mass is 10.1. The van der Waals surface area contributed by atoms with Crippen LogP contribution in [0.1, 0.15) is 12.0 Å². The summed E-state index contributed by atoms with van der Waals surface area (Å²) >= 11 is 0. The molecule has 1 amide bonds. The Morgan fingerprint density at radius 2 is 1.87 bits per heavy atom. The van der Waals surface area contributed by atoms with Crippen LogP contribution in [0.3, 0.4) is 0 Å². The van der Waals surface area contributed by atoms with Gasteiger partial charge in [-0.1, -0.05) is 0 Å². The summed E-state index contributed by atoms with van der Waals surface area (Å²) in [5, 5.41) is 6.18. The first-order chi connectivity index (χ1) is 10.7. The zero-order valence-corrected chi connectivity index (χ0v) is 14.6. The third-order valence-electron chi connectivity index (χ3n) is 3.92. The van der Waals surface area contributed by atoms with Gasteiger partial charge in [0.25, 0.3) is 0 Å². The first-order valence-corrected chi connectivity index (χ1v) is 7.47. The third-order valence-corrected chi connectivity index (χ3v) is 3.92. The highest BCUT2D eigenvalue weighted by molar-refractivity contribution is 5.85. The first-order valence-electron chi connectivity index (χ1n) is 7.47. The minimum atomic E-state index is 0. The van der Waals surface area contributed by atoms with E-state index < -0.39 is 0 Å². The molecule has 1 fully saturated rings. The van der Waals surface area contributed by atoms with E-state index in [9.17, 15) is 4.79 Å². The molecular weight excluding hydrogens is 320 g/mol. The summed E-state index contributed by atoms with van der Waals surface area (Å²) in [4.78, 5) is 12.0. The van der Waals surface area contributed by atoms with Gasteiger partial charge in [-0.05, 0) is 19.4 Å². The average Bonchev–Trinajstić information content (AvgIpc) is 3.09. The van der Waals surface area contributed by atoms with Crippen molar-refractivity contribution in [2.75, 3.05) is 41.0 Å². The lowest BCUT2D eigenvalue weighted by Gasteiger charge is -2.16. The normalized spacial score (nSPS) is 16.4. The smallest absolute Gasteiger partial charge is 0.224 e. The van der Waals surface area contributed by atoms with E-state index in [0.29, 0.717) is 30.2 Å². The van der Waals surface area contributed by atoms with Crippen LogP contribution in [0, 0.1) is 5.92 Å². The van der Waals surface area contributed by atoms with Crippen LogP contribution >= 0.6 is 12.4 Å². The molecule has 1 atom stereocenters. The highest BCUT2D eigenvalue weighted by atomic mass is 35.5. The Morgan fingerprint density at radius 3 is 2.35 bits per heavy atom. The van der Waals surface area contributed by atoms with Gasteiger partial charge in [-0.2, -0.15) is 0 Å². The molecule has 1 aromatic carbocycles. The molecular formula is C16H25ClN2O4. The molecule has 130 valence electrons. The molecule has 0 bridgehead atoms. The number of ether oxygens (including phenoxy) is 3. The van der Waals surface area contributed by atoms with Crippen molar-refractivity contribution in [1.29, 1.82) is 0 Å². The second-order valence-corrected chi connectivity index (χ2v) is 5.24. The number of hydrogen-bond acceptors (Lipinski definition) is 5. The second kappa shape index (κ2) is 9.47. The van der Waals surface area contributed by atoms with Gasteiger partial charge in [0.05, 0.1) is 27.2 Å². The molecule has 2 N–H and O–H groups in total. The van der Waals surface area contributed by atoms with Crippen molar-refractivity contribution < 1.29 is 19.0 Å². The van der Waals surface area contributed by atoms with E-state index in [0.717, 1.165) is 25.1 Å². The molecule has 1 aliphatic rings. The van der Waals surface area contributed by atoms with Gasteiger partial charge >= 0.3 is 0 Å². The SMILES string of the molecule is COc1cc(OC)c(CCNC(=O)C2CCNC2)c(OC)c1.Cl. The van der Waals surface area contributed by atoms with Gasteiger partial charge in [0.15, 0.2) is 0 Å². The molecule has 2 rings (SSSR count). The molecule has 1 heterocycles. The van der Waals surface area contributed by atoms with Crippen molar-refractivity contribution in [2.24, 2.45) is 5.92 Å². The Labute approximate surface area is 143 Å². The zero-order chi connectivity index (χ0) is 15.9. The Morgan fingerprint density at radius 1 is 1.22 bits per heavy atom. The largest absolute Gasteiger partial charge is 0.496 e. The van der Waals surface area contributed by atoms with Gasteiger partial charge in [0, 0.05) is 30.8 Å². The molecule has 0 aliphatic carbocycles. The molecule has 1 aromatic rings. The Hall–Kier alpha value is -1.66. The minimum absolute atomic E-state index is 0. The molecule has 0 spiro atoms. The number of rotatable bonds is 7. The average molecular weight is 345 g/mol. The number of benzene rings is 1. The summed E-state index contributed by atoms with van der Waals surface area (Å²) in [5.41, 5.74) is 0.927. The minimum Gasteiger partial charge on any atom is -0.496 e. The van der Waals surface area contributed by atoms with Crippen molar-refractivity contribution >= 4 is 18.3 Å². The standard InChI is InChI=1S/C16H24N2O4.ClH/c1-20-12-8-14(21-2)13(15(9-12)22-3)5-7-18-16(19)11-4-6-17-10-11;/h8-9,11,17H,4-7,10H2,1-3H3,(H,18,19);1H. The summed E-state index contributed by atoms with van der Waals surface area (Å²) in [6.07, 6.45) is 1.54. The number of amides is 1. The fraction of sp³-hybridized carbons (Fsp3) is 0.562. The van der Waals surface area contributed by atoms with Crippen molar-refractivity contribution in [3.63, 3.8) is 0 Å². The topological polar surface area (TPSA) is 68.8 Å². The summed E-state index contributed by atoms with van der Waals surface area (Å²) < 4.78 is 16.0. The number of hydrogen-bond donors (Lipinski definition) is 2. The lowest BCUT2D eigenvalue weighted by molar-refractivity contribution is -0.124. The van der Waals surface area contributed by atoms with E-state index in [1.165, 1.54) is 0 Å². The van der Waals surface area contributed by atoms with Crippen LogP contribution in [0.25, 0.3) is 0 Å². The molecule has 7 heteroatoms. The summed E-state index contributed by atoms with van der Waals surface area (Å²) in [5.74, 6) is 2.27. The Kier molecular flexibility index (Phi) is 7.98. The number of nitrogens with one attached hydrogen (secondary N) is 2. The van der Waals surface area contributed by atoms with E-state index in [1.54, 1.807) is 21.3 Å². The van der Waals surface area contributed by atoms with Crippen LogP contribution in [0.4, 0.5) is 0 Å². The molecule has 0 saturated carbocycles. The van der Waals surface area contributed by atoms with Crippen molar-refractivity contribution in [3.8, 4) is 17.2 Å². The van der Waals surface area contributed by atoms with Gasteiger partial charge in [-0.15, -0.1) is 12.4 Å². The fourth-order valence-electron chi connectivity index (χ4n) is 2.66. The maximum Gasteiger partial charge on any atom is 0.224 e. The van der Waals surface area contributed by atoms with Crippen LogP contribution < -0.4 is 24.8 Å². The van der Waals surface area contributed by atoms with E-state index >= 15 is 0 Å². The van der Waals surface area contributed by atoms with Crippen LogP contribution in [0.15, 0.2) is 12.1 Å². The lowest BCUT2D eigenvalue weighted by Crippen LogP contribution is -2.33. The summed E-state index contributed by atoms with van der Waals surface area (Å²) in [6, 6.07) is 3.64. The zero-order valence-electron chi connectivity index (χ0n) is 13.8. The number of carbonyl (C=O) groups is 1. The number of carbonyl (C=O) groups excluding carboxylic acids is 1. The van der Waals surface area contributed by atoms with E-state index in [1.807, 2.05) is 12.1 Å². The van der Waals surface area contributed by atoms with Gasteiger partial charge in [-0.3, -0.25) is 4.79 Å². The number of methoxy groups -OCH3 is 3. The van der Waals surface area contributed by atoms with E-state index in [-0.39, 0.29) is 24.2 Å². The first kappa shape index (κ1) is 19.4. The number of halogens is 1. The molecule has 23 heavy (non-hydrogen) atoms. The molecule has 6 nitrogen and oxygen atoms in total.